The van der Waals surface area contributed by atoms with E-state index in [4.69, 9.17) is 5.11 Å². The number of hydrogen-bond acceptors (Lipinski definition) is 3. The van der Waals surface area contributed by atoms with Crippen molar-refractivity contribution in [1.29, 1.82) is 0 Å². The SMILES string of the molecule is O=C(O)C1CCC1C(=O)NCc1cccc2cccnc12. The molecule has 0 saturated heterocycles. The predicted octanol–water partition coefficient (Wildman–Crippen LogP) is 1.96. The third-order valence-electron chi connectivity index (χ3n) is 4.10. The van der Waals surface area contributed by atoms with Crippen molar-refractivity contribution < 1.29 is 14.7 Å². The molecule has 2 aromatic rings. The summed E-state index contributed by atoms with van der Waals surface area (Å²) in [7, 11) is 0. The van der Waals surface area contributed by atoms with Gasteiger partial charge in [0.15, 0.2) is 0 Å². The molecular weight excluding hydrogens is 268 g/mol. The van der Waals surface area contributed by atoms with E-state index in [9.17, 15) is 9.59 Å². The third kappa shape index (κ3) is 2.59. The Morgan fingerprint density at radius 2 is 1.95 bits per heavy atom. The van der Waals surface area contributed by atoms with Crippen molar-refractivity contribution >= 4 is 22.8 Å². The summed E-state index contributed by atoms with van der Waals surface area (Å²) < 4.78 is 0. The van der Waals surface area contributed by atoms with E-state index in [-0.39, 0.29) is 5.91 Å². The van der Waals surface area contributed by atoms with Gasteiger partial charge in [-0.05, 0) is 24.5 Å². The van der Waals surface area contributed by atoms with Gasteiger partial charge in [0, 0.05) is 18.1 Å². The van der Waals surface area contributed by atoms with Crippen LogP contribution in [0, 0.1) is 11.8 Å². The van der Waals surface area contributed by atoms with E-state index < -0.39 is 17.8 Å². The Hall–Kier alpha value is -2.43. The minimum atomic E-state index is -0.881. The van der Waals surface area contributed by atoms with Gasteiger partial charge >= 0.3 is 5.97 Å². The smallest absolute Gasteiger partial charge is 0.307 e. The molecule has 5 nitrogen and oxygen atoms in total. The Morgan fingerprint density at radius 1 is 1.19 bits per heavy atom. The van der Waals surface area contributed by atoms with Crippen molar-refractivity contribution in [3.63, 3.8) is 0 Å². The molecule has 108 valence electrons. The molecule has 1 amide bonds. The Bertz CT molecular complexity index is 693. The topological polar surface area (TPSA) is 79.3 Å². The Morgan fingerprint density at radius 3 is 2.67 bits per heavy atom. The summed E-state index contributed by atoms with van der Waals surface area (Å²) in [6.07, 6.45) is 2.96. The van der Waals surface area contributed by atoms with Gasteiger partial charge in [-0.3, -0.25) is 14.6 Å². The van der Waals surface area contributed by atoms with Gasteiger partial charge in [-0.1, -0.05) is 24.3 Å². The van der Waals surface area contributed by atoms with Crippen LogP contribution in [-0.2, 0) is 16.1 Å². The summed E-state index contributed by atoms with van der Waals surface area (Å²) in [6, 6.07) is 9.66. The average molecular weight is 284 g/mol. The summed E-state index contributed by atoms with van der Waals surface area (Å²) in [6.45, 7) is 0.371. The fourth-order valence-corrected chi connectivity index (χ4v) is 2.73. The molecule has 1 aliphatic rings. The summed E-state index contributed by atoms with van der Waals surface area (Å²) in [5.41, 5.74) is 1.80. The van der Waals surface area contributed by atoms with Crippen LogP contribution >= 0.6 is 0 Å². The number of benzene rings is 1. The standard InChI is InChI=1S/C16H16N2O3/c19-15(12-6-7-13(12)16(20)21)18-9-11-4-1-3-10-5-2-8-17-14(10)11/h1-5,8,12-13H,6-7,9H2,(H,18,19)(H,20,21). The molecule has 2 N–H and O–H groups in total. The van der Waals surface area contributed by atoms with E-state index in [2.05, 4.69) is 10.3 Å². The number of aliphatic carboxylic acids is 1. The van der Waals surface area contributed by atoms with Gasteiger partial charge in [0.25, 0.3) is 0 Å². The predicted molar refractivity (Wildman–Crippen MR) is 77.4 cm³/mol. The molecule has 2 atom stereocenters. The highest BCUT2D eigenvalue weighted by molar-refractivity contribution is 5.87. The Kier molecular flexibility index (Phi) is 3.56. The number of carbonyl (C=O) groups excluding carboxylic acids is 1. The van der Waals surface area contributed by atoms with Gasteiger partial charge in [-0.15, -0.1) is 0 Å². The molecule has 0 spiro atoms. The van der Waals surface area contributed by atoms with E-state index in [0.29, 0.717) is 19.4 Å². The van der Waals surface area contributed by atoms with Gasteiger partial charge in [-0.2, -0.15) is 0 Å². The number of carboxylic acids is 1. The Labute approximate surface area is 122 Å². The number of aromatic nitrogens is 1. The number of nitrogens with zero attached hydrogens (tertiary/aromatic N) is 1. The number of amides is 1. The number of carbonyl (C=O) groups is 2. The molecule has 0 bridgehead atoms. The van der Waals surface area contributed by atoms with Crippen LogP contribution in [0.5, 0.6) is 0 Å². The lowest BCUT2D eigenvalue weighted by Crippen LogP contribution is -2.43. The van der Waals surface area contributed by atoms with Crippen molar-refractivity contribution in [2.24, 2.45) is 11.8 Å². The lowest BCUT2D eigenvalue weighted by atomic mass is 9.73. The van der Waals surface area contributed by atoms with Gasteiger partial charge < -0.3 is 10.4 Å². The van der Waals surface area contributed by atoms with E-state index in [1.165, 1.54) is 0 Å². The van der Waals surface area contributed by atoms with Gasteiger partial charge in [0.1, 0.15) is 0 Å². The third-order valence-corrected chi connectivity index (χ3v) is 4.10. The summed E-state index contributed by atoms with van der Waals surface area (Å²) in [5.74, 6) is -1.99. The average Bonchev–Trinajstić information content (AvgIpc) is 2.43. The van der Waals surface area contributed by atoms with Gasteiger partial charge in [-0.25, -0.2) is 0 Å². The first-order chi connectivity index (χ1) is 10.2. The second-order valence-corrected chi connectivity index (χ2v) is 5.34. The number of rotatable bonds is 4. The highest BCUT2D eigenvalue weighted by Crippen LogP contribution is 2.34. The molecule has 3 rings (SSSR count). The van der Waals surface area contributed by atoms with Crippen LogP contribution in [0.15, 0.2) is 36.5 Å². The first-order valence-electron chi connectivity index (χ1n) is 7.00. The Balaban J connectivity index is 1.69. The van der Waals surface area contributed by atoms with Crippen LogP contribution in [0.3, 0.4) is 0 Å². The zero-order chi connectivity index (χ0) is 14.8. The van der Waals surface area contributed by atoms with Crippen molar-refractivity contribution in [3.05, 3.63) is 42.1 Å². The molecule has 1 saturated carbocycles. The maximum absolute atomic E-state index is 12.1. The number of nitrogens with one attached hydrogen (secondary N) is 1. The summed E-state index contributed by atoms with van der Waals surface area (Å²) >= 11 is 0. The largest absolute Gasteiger partial charge is 0.481 e. The number of pyridine rings is 1. The monoisotopic (exact) mass is 284 g/mol. The fraction of sp³-hybridized carbons (Fsp3) is 0.312. The minimum absolute atomic E-state index is 0.179. The summed E-state index contributed by atoms with van der Waals surface area (Å²) in [5, 5.41) is 12.8. The van der Waals surface area contributed by atoms with Crippen LogP contribution in [0.4, 0.5) is 0 Å². The molecule has 1 heterocycles. The normalized spacial score (nSPS) is 20.8. The fourth-order valence-electron chi connectivity index (χ4n) is 2.73. The van der Waals surface area contributed by atoms with E-state index in [1.807, 2.05) is 30.3 Å². The van der Waals surface area contributed by atoms with Gasteiger partial charge in [0.05, 0.1) is 17.4 Å². The first kappa shape index (κ1) is 13.5. The molecule has 5 heteroatoms. The molecule has 0 radical (unpaired) electrons. The first-order valence-corrected chi connectivity index (χ1v) is 7.00. The van der Waals surface area contributed by atoms with Crippen molar-refractivity contribution in [1.82, 2.24) is 10.3 Å². The van der Waals surface area contributed by atoms with Crippen LogP contribution in [0.25, 0.3) is 10.9 Å². The van der Waals surface area contributed by atoms with Gasteiger partial charge in [0.2, 0.25) is 5.91 Å². The zero-order valence-electron chi connectivity index (χ0n) is 11.5. The van der Waals surface area contributed by atoms with E-state index in [0.717, 1.165) is 16.5 Å². The number of hydrogen-bond donors (Lipinski definition) is 2. The molecular formula is C16H16N2O3. The molecule has 0 aliphatic heterocycles. The molecule has 2 unspecified atom stereocenters. The lowest BCUT2D eigenvalue weighted by molar-refractivity contribution is -0.152. The van der Waals surface area contributed by atoms with Crippen LogP contribution in [0.2, 0.25) is 0 Å². The van der Waals surface area contributed by atoms with Crippen LogP contribution < -0.4 is 5.32 Å². The summed E-state index contributed by atoms with van der Waals surface area (Å²) in [4.78, 5) is 27.3. The van der Waals surface area contributed by atoms with E-state index >= 15 is 0 Å². The van der Waals surface area contributed by atoms with Crippen LogP contribution in [0.1, 0.15) is 18.4 Å². The van der Waals surface area contributed by atoms with Crippen LogP contribution in [-0.4, -0.2) is 22.0 Å². The molecule has 1 aliphatic carbocycles. The molecule has 1 aromatic heterocycles. The quantitative estimate of drug-likeness (QED) is 0.899. The maximum Gasteiger partial charge on any atom is 0.307 e. The number of carboxylic acid groups (broad SMARTS) is 1. The second kappa shape index (κ2) is 5.52. The molecule has 21 heavy (non-hydrogen) atoms. The highest BCUT2D eigenvalue weighted by Gasteiger charge is 2.41. The molecule has 1 aromatic carbocycles. The zero-order valence-corrected chi connectivity index (χ0v) is 11.5. The second-order valence-electron chi connectivity index (χ2n) is 5.34. The van der Waals surface area contributed by atoms with Crippen molar-refractivity contribution in [2.75, 3.05) is 0 Å². The number of fused-ring (bicyclic) bond motifs is 1. The lowest BCUT2D eigenvalue weighted by Gasteiger charge is -2.31. The van der Waals surface area contributed by atoms with E-state index in [1.54, 1.807) is 6.20 Å². The molecule has 1 fully saturated rings. The minimum Gasteiger partial charge on any atom is -0.481 e. The highest BCUT2D eigenvalue weighted by atomic mass is 16.4. The number of para-hydroxylation sites is 1. The van der Waals surface area contributed by atoms with Crippen molar-refractivity contribution in [2.45, 2.75) is 19.4 Å². The maximum atomic E-state index is 12.1. The van der Waals surface area contributed by atoms with Crippen molar-refractivity contribution in [3.8, 4) is 0 Å².